The van der Waals surface area contributed by atoms with Crippen LogP contribution < -0.4 is 5.84 Å². The molecule has 0 bridgehead atoms. The van der Waals surface area contributed by atoms with Gasteiger partial charge >= 0.3 is 5.97 Å². The van der Waals surface area contributed by atoms with Crippen LogP contribution >= 0.6 is 11.3 Å². The molecule has 5 heteroatoms. The number of rotatable bonds is 2. The van der Waals surface area contributed by atoms with Gasteiger partial charge in [0.15, 0.2) is 5.71 Å². The van der Waals surface area contributed by atoms with Crippen LogP contribution in [0.4, 0.5) is 0 Å². The quantitative estimate of drug-likeness (QED) is 0.385. The SMILES string of the molecule is N/N=C(/C(=O)O)c1cccs1. The second kappa shape index (κ2) is 3.16. The van der Waals surface area contributed by atoms with E-state index < -0.39 is 5.97 Å². The Balaban J connectivity index is 2.99. The van der Waals surface area contributed by atoms with Gasteiger partial charge in [-0.25, -0.2) is 4.79 Å². The first-order valence-electron chi connectivity index (χ1n) is 2.80. The van der Waals surface area contributed by atoms with E-state index in [0.717, 1.165) is 0 Å². The van der Waals surface area contributed by atoms with E-state index in [1.807, 2.05) is 0 Å². The van der Waals surface area contributed by atoms with E-state index in [-0.39, 0.29) is 5.71 Å². The normalized spacial score (nSPS) is 11.5. The van der Waals surface area contributed by atoms with Crippen molar-refractivity contribution in [2.24, 2.45) is 10.9 Å². The molecule has 0 radical (unpaired) electrons. The summed E-state index contributed by atoms with van der Waals surface area (Å²) < 4.78 is 0. The standard InChI is InChI=1S/C6H6N2O2S/c7-8-5(6(9)10)4-2-1-3-11-4/h1-3H,7H2,(H,9,10)/b8-5+. The molecular formula is C6H6N2O2S. The summed E-state index contributed by atoms with van der Waals surface area (Å²) in [7, 11) is 0. The lowest BCUT2D eigenvalue weighted by Gasteiger charge is -1.92. The Morgan fingerprint density at radius 2 is 2.45 bits per heavy atom. The Labute approximate surface area is 67.0 Å². The van der Waals surface area contributed by atoms with E-state index >= 15 is 0 Å². The summed E-state index contributed by atoms with van der Waals surface area (Å²) >= 11 is 1.29. The van der Waals surface area contributed by atoms with Crippen molar-refractivity contribution in [3.05, 3.63) is 22.4 Å². The van der Waals surface area contributed by atoms with Gasteiger partial charge in [-0.3, -0.25) is 0 Å². The lowest BCUT2D eigenvalue weighted by Crippen LogP contribution is -2.14. The smallest absolute Gasteiger partial charge is 0.357 e. The van der Waals surface area contributed by atoms with Crippen molar-refractivity contribution < 1.29 is 9.90 Å². The summed E-state index contributed by atoms with van der Waals surface area (Å²) in [6, 6.07) is 3.40. The number of nitrogens with zero attached hydrogens (tertiary/aromatic N) is 1. The maximum absolute atomic E-state index is 10.4. The second-order valence-electron chi connectivity index (χ2n) is 1.76. The van der Waals surface area contributed by atoms with Crippen LogP contribution in [0.3, 0.4) is 0 Å². The molecule has 0 amide bonds. The van der Waals surface area contributed by atoms with Gasteiger partial charge < -0.3 is 10.9 Å². The fraction of sp³-hybridized carbons (Fsp3) is 0. The predicted octanol–water partition coefficient (Wildman–Crippen LogP) is 0.495. The molecule has 0 aliphatic heterocycles. The Kier molecular flexibility index (Phi) is 2.22. The summed E-state index contributed by atoms with van der Waals surface area (Å²) in [6.45, 7) is 0. The molecule has 0 unspecified atom stereocenters. The molecule has 58 valence electrons. The number of carboxylic acid groups (broad SMARTS) is 1. The molecule has 4 nitrogen and oxygen atoms in total. The zero-order valence-electron chi connectivity index (χ0n) is 5.52. The van der Waals surface area contributed by atoms with Crippen LogP contribution in [0, 0.1) is 0 Å². The van der Waals surface area contributed by atoms with Gasteiger partial charge in [-0.05, 0) is 11.4 Å². The van der Waals surface area contributed by atoms with E-state index in [2.05, 4.69) is 5.10 Å². The van der Waals surface area contributed by atoms with Crippen LogP contribution in [0.2, 0.25) is 0 Å². The van der Waals surface area contributed by atoms with E-state index in [1.54, 1.807) is 17.5 Å². The largest absolute Gasteiger partial charge is 0.476 e. The first-order valence-corrected chi connectivity index (χ1v) is 3.68. The monoisotopic (exact) mass is 170 g/mol. The lowest BCUT2D eigenvalue weighted by atomic mass is 10.3. The van der Waals surface area contributed by atoms with Crippen molar-refractivity contribution in [3.63, 3.8) is 0 Å². The molecule has 3 N–H and O–H groups in total. The summed E-state index contributed by atoms with van der Waals surface area (Å²) in [5, 5.41) is 13.5. The predicted molar refractivity (Wildman–Crippen MR) is 42.7 cm³/mol. The highest BCUT2D eigenvalue weighted by molar-refractivity contribution is 7.13. The molecule has 0 saturated heterocycles. The van der Waals surface area contributed by atoms with Crippen LogP contribution in [0.1, 0.15) is 4.88 Å². The molecule has 0 atom stereocenters. The summed E-state index contributed by atoms with van der Waals surface area (Å²) in [5.41, 5.74) is -0.0972. The fourth-order valence-electron chi connectivity index (χ4n) is 0.638. The molecule has 1 aromatic rings. The zero-order chi connectivity index (χ0) is 8.27. The van der Waals surface area contributed by atoms with E-state index in [9.17, 15) is 4.79 Å². The van der Waals surface area contributed by atoms with Crippen molar-refractivity contribution in [2.75, 3.05) is 0 Å². The Hall–Kier alpha value is -1.36. The molecule has 0 aliphatic carbocycles. The molecular weight excluding hydrogens is 164 g/mol. The van der Waals surface area contributed by atoms with Gasteiger partial charge in [-0.2, -0.15) is 5.10 Å². The van der Waals surface area contributed by atoms with Crippen LogP contribution in [-0.2, 0) is 4.79 Å². The molecule has 0 spiro atoms. The third-order valence-electron chi connectivity index (χ3n) is 1.09. The first-order chi connectivity index (χ1) is 5.25. The van der Waals surface area contributed by atoms with Crippen LogP contribution in [-0.4, -0.2) is 16.8 Å². The van der Waals surface area contributed by atoms with Crippen molar-refractivity contribution in [2.45, 2.75) is 0 Å². The van der Waals surface area contributed by atoms with Gasteiger partial charge in [-0.1, -0.05) is 6.07 Å². The summed E-state index contributed by atoms with van der Waals surface area (Å²) in [6.07, 6.45) is 0. The number of hydrazone groups is 1. The number of nitrogens with two attached hydrogens (primary N) is 1. The molecule has 1 heterocycles. The van der Waals surface area contributed by atoms with Crippen molar-refractivity contribution >= 4 is 23.0 Å². The minimum atomic E-state index is -1.10. The third-order valence-corrected chi connectivity index (χ3v) is 1.96. The van der Waals surface area contributed by atoms with E-state index in [0.29, 0.717) is 4.88 Å². The third kappa shape index (κ3) is 1.56. The number of aliphatic carboxylic acids is 1. The molecule has 1 rings (SSSR count). The number of carboxylic acids is 1. The number of hydrogen-bond donors (Lipinski definition) is 2. The molecule has 11 heavy (non-hydrogen) atoms. The highest BCUT2D eigenvalue weighted by Crippen LogP contribution is 2.09. The minimum Gasteiger partial charge on any atom is -0.476 e. The maximum Gasteiger partial charge on any atom is 0.357 e. The molecule has 1 aromatic heterocycles. The fourth-order valence-corrected chi connectivity index (χ4v) is 1.35. The van der Waals surface area contributed by atoms with Gasteiger partial charge in [-0.15, -0.1) is 11.3 Å². The molecule has 0 aromatic carbocycles. The van der Waals surface area contributed by atoms with Gasteiger partial charge in [0.2, 0.25) is 0 Å². The lowest BCUT2D eigenvalue weighted by molar-refractivity contribution is -0.129. The zero-order valence-corrected chi connectivity index (χ0v) is 6.34. The van der Waals surface area contributed by atoms with Crippen LogP contribution in [0.25, 0.3) is 0 Å². The number of carbonyl (C=O) groups is 1. The van der Waals surface area contributed by atoms with E-state index in [4.69, 9.17) is 10.9 Å². The second-order valence-corrected chi connectivity index (χ2v) is 2.71. The average molecular weight is 170 g/mol. The van der Waals surface area contributed by atoms with Crippen LogP contribution in [0.5, 0.6) is 0 Å². The van der Waals surface area contributed by atoms with Gasteiger partial charge in [0, 0.05) is 0 Å². The Morgan fingerprint density at radius 1 is 1.73 bits per heavy atom. The average Bonchev–Trinajstić information content (AvgIpc) is 2.40. The highest BCUT2D eigenvalue weighted by atomic mass is 32.1. The van der Waals surface area contributed by atoms with Crippen molar-refractivity contribution in [1.82, 2.24) is 0 Å². The molecule has 0 saturated carbocycles. The maximum atomic E-state index is 10.4. The van der Waals surface area contributed by atoms with Crippen molar-refractivity contribution in [3.8, 4) is 0 Å². The van der Waals surface area contributed by atoms with Crippen molar-refractivity contribution in [1.29, 1.82) is 0 Å². The van der Waals surface area contributed by atoms with Gasteiger partial charge in [0.1, 0.15) is 0 Å². The topological polar surface area (TPSA) is 75.7 Å². The van der Waals surface area contributed by atoms with Crippen LogP contribution in [0.15, 0.2) is 22.6 Å². The number of hydrogen-bond acceptors (Lipinski definition) is 4. The summed E-state index contributed by atoms with van der Waals surface area (Å²) in [5.74, 6) is 3.78. The van der Waals surface area contributed by atoms with Gasteiger partial charge in [0.25, 0.3) is 0 Å². The first kappa shape index (κ1) is 7.74. The minimum absolute atomic E-state index is 0.0972. The number of thiophene rings is 1. The Morgan fingerprint density at radius 3 is 2.82 bits per heavy atom. The Bertz CT molecular complexity index is 279. The van der Waals surface area contributed by atoms with Gasteiger partial charge in [0.05, 0.1) is 4.88 Å². The molecule has 0 fully saturated rings. The molecule has 0 aliphatic rings. The summed E-state index contributed by atoms with van der Waals surface area (Å²) in [4.78, 5) is 11.0. The highest BCUT2D eigenvalue weighted by Gasteiger charge is 2.11. The van der Waals surface area contributed by atoms with E-state index in [1.165, 1.54) is 11.3 Å².